The monoisotopic (exact) mass is 542 g/mol. The summed E-state index contributed by atoms with van der Waals surface area (Å²) in [6, 6.07) is 16.1. The van der Waals surface area contributed by atoms with Crippen molar-refractivity contribution in [2.75, 3.05) is 46.0 Å². The number of para-hydroxylation sites is 1. The minimum atomic E-state index is -0.738. The Morgan fingerprint density at radius 2 is 1.82 bits per heavy atom. The van der Waals surface area contributed by atoms with E-state index in [0.29, 0.717) is 55.4 Å². The van der Waals surface area contributed by atoms with Crippen LogP contribution in [0.2, 0.25) is 0 Å². The average molecular weight is 543 g/mol. The van der Waals surface area contributed by atoms with Crippen LogP contribution in [0.1, 0.15) is 29.3 Å². The number of carbonyl (C=O) groups is 2. The number of aliphatic hydroxyl groups is 1. The second-order valence-electron chi connectivity index (χ2n) is 9.86. The molecule has 0 saturated carbocycles. The summed E-state index contributed by atoms with van der Waals surface area (Å²) in [5.74, 6) is -0.903. The maximum absolute atomic E-state index is 13.5. The van der Waals surface area contributed by atoms with Gasteiger partial charge in [0.1, 0.15) is 18.1 Å². The lowest BCUT2D eigenvalue weighted by atomic mass is 9.95. The molecule has 1 unspecified atom stereocenters. The number of aromatic nitrogens is 2. The van der Waals surface area contributed by atoms with Gasteiger partial charge in [-0.15, -0.1) is 0 Å². The largest absolute Gasteiger partial charge is 0.507 e. The molecule has 0 bridgehead atoms. The molecule has 0 spiro atoms. The third-order valence-corrected chi connectivity index (χ3v) is 7.35. The summed E-state index contributed by atoms with van der Waals surface area (Å²) in [6.07, 6.45) is 3.89. The van der Waals surface area contributed by atoms with E-state index < -0.39 is 17.7 Å². The number of rotatable bonds is 10. The molecule has 9 heteroatoms. The molecule has 0 radical (unpaired) electrons. The highest BCUT2D eigenvalue weighted by atomic mass is 16.5. The highest BCUT2D eigenvalue weighted by molar-refractivity contribution is 6.46. The van der Waals surface area contributed by atoms with E-state index in [1.165, 1.54) is 6.20 Å². The van der Waals surface area contributed by atoms with Crippen LogP contribution in [-0.2, 0) is 14.3 Å². The Balaban J connectivity index is 1.50. The van der Waals surface area contributed by atoms with Crippen molar-refractivity contribution in [3.05, 3.63) is 95.8 Å². The van der Waals surface area contributed by atoms with E-state index in [0.717, 1.165) is 25.3 Å². The van der Waals surface area contributed by atoms with Gasteiger partial charge in [0, 0.05) is 26.2 Å². The normalized spacial score (nSPS) is 19.2. The summed E-state index contributed by atoms with van der Waals surface area (Å²) in [6.45, 7) is 10.1. The van der Waals surface area contributed by atoms with Gasteiger partial charge in [0.2, 0.25) is 0 Å². The van der Waals surface area contributed by atoms with Crippen molar-refractivity contribution in [1.29, 1.82) is 0 Å². The molecule has 2 aliphatic heterocycles. The molecule has 2 fully saturated rings. The predicted molar refractivity (Wildman–Crippen MR) is 151 cm³/mol. The molecule has 9 nitrogen and oxygen atoms in total. The van der Waals surface area contributed by atoms with E-state index in [4.69, 9.17) is 9.47 Å². The first-order chi connectivity index (χ1) is 19.5. The maximum Gasteiger partial charge on any atom is 0.295 e. The molecule has 3 aromatic rings. The SMILES string of the molecule is C=CCOc1ccc(C2C(=C(O)c3cnn(-c4ccccc4)c3C)C(=O)C(=O)N2CCCN2CCOCC2)cc1. The highest BCUT2D eigenvalue weighted by Crippen LogP contribution is 2.40. The number of hydrogen-bond donors (Lipinski definition) is 1. The number of benzene rings is 2. The quantitative estimate of drug-likeness (QED) is 0.180. The zero-order valence-electron chi connectivity index (χ0n) is 22.7. The van der Waals surface area contributed by atoms with Crippen LogP contribution >= 0.6 is 0 Å². The minimum absolute atomic E-state index is 0.0619. The van der Waals surface area contributed by atoms with Gasteiger partial charge in [-0.1, -0.05) is 43.0 Å². The smallest absolute Gasteiger partial charge is 0.295 e. The van der Waals surface area contributed by atoms with Gasteiger partial charge in [0.05, 0.1) is 48.0 Å². The third kappa shape index (κ3) is 5.57. The molecule has 1 aromatic heterocycles. The molecule has 5 rings (SSSR count). The van der Waals surface area contributed by atoms with Crippen molar-refractivity contribution in [1.82, 2.24) is 19.6 Å². The van der Waals surface area contributed by atoms with Gasteiger partial charge in [-0.3, -0.25) is 14.5 Å². The number of carbonyl (C=O) groups excluding carboxylic acids is 2. The Morgan fingerprint density at radius 1 is 1.10 bits per heavy atom. The first-order valence-electron chi connectivity index (χ1n) is 13.5. The van der Waals surface area contributed by atoms with Crippen LogP contribution in [-0.4, -0.2) is 82.4 Å². The first kappa shape index (κ1) is 27.4. The van der Waals surface area contributed by atoms with E-state index in [9.17, 15) is 14.7 Å². The standard InChI is InChI=1S/C31H34N4O5/c1-3-18-40-25-12-10-23(11-13-25)28-27(29(36)26-21-32-35(22(26)2)24-8-5-4-6-9-24)30(37)31(38)34(28)15-7-14-33-16-19-39-20-17-33/h3-6,8-13,21,28,36H,1,7,14-20H2,2H3. The second kappa shape index (κ2) is 12.3. The lowest BCUT2D eigenvalue weighted by Gasteiger charge is -2.29. The van der Waals surface area contributed by atoms with Crippen molar-refractivity contribution >= 4 is 17.4 Å². The topological polar surface area (TPSA) is 97.1 Å². The zero-order chi connectivity index (χ0) is 28.1. The number of morpholine rings is 1. The molecule has 1 amide bonds. The number of amides is 1. The zero-order valence-corrected chi connectivity index (χ0v) is 22.7. The van der Waals surface area contributed by atoms with Gasteiger partial charge in [0.15, 0.2) is 0 Å². The van der Waals surface area contributed by atoms with Crippen LogP contribution in [0.15, 0.2) is 79.0 Å². The summed E-state index contributed by atoms with van der Waals surface area (Å²) in [5.41, 5.74) is 2.67. The lowest BCUT2D eigenvalue weighted by molar-refractivity contribution is -0.140. The fourth-order valence-electron chi connectivity index (χ4n) is 5.26. The Bertz CT molecular complexity index is 1390. The number of nitrogens with zero attached hydrogens (tertiary/aromatic N) is 4. The van der Waals surface area contributed by atoms with Crippen LogP contribution in [0.25, 0.3) is 11.4 Å². The van der Waals surface area contributed by atoms with Crippen molar-refractivity contribution in [2.45, 2.75) is 19.4 Å². The third-order valence-electron chi connectivity index (χ3n) is 7.35. The summed E-state index contributed by atoms with van der Waals surface area (Å²) >= 11 is 0. The number of aliphatic hydroxyl groups excluding tert-OH is 1. The summed E-state index contributed by atoms with van der Waals surface area (Å²) in [4.78, 5) is 30.7. The lowest BCUT2D eigenvalue weighted by Crippen LogP contribution is -2.38. The summed E-state index contributed by atoms with van der Waals surface area (Å²) in [5, 5.41) is 16.0. The van der Waals surface area contributed by atoms with Gasteiger partial charge in [-0.25, -0.2) is 4.68 Å². The summed E-state index contributed by atoms with van der Waals surface area (Å²) < 4.78 is 12.8. The first-order valence-corrected chi connectivity index (χ1v) is 13.5. The van der Waals surface area contributed by atoms with Gasteiger partial charge < -0.3 is 19.5 Å². The van der Waals surface area contributed by atoms with Gasteiger partial charge in [0.25, 0.3) is 11.7 Å². The fraction of sp³-hybridized carbons (Fsp3) is 0.323. The van der Waals surface area contributed by atoms with Gasteiger partial charge >= 0.3 is 0 Å². The fourth-order valence-corrected chi connectivity index (χ4v) is 5.26. The van der Waals surface area contributed by atoms with Crippen LogP contribution in [0.4, 0.5) is 0 Å². The molecule has 40 heavy (non-hydrogen) atoms. The van der Waals surface area contributed by atoms with E-state index in [-0.39, 0.29) is 11.3 Å². The molecule has 208 valence electrons. The number of hydrogen-bond acceptors (Lipinski definition) is 7. The number of ketones is 1. The van der Waals surface area contributed by atoms with Crippen LogP contribution in [0.5, 0.6) is 5.75 Å². The minimum Gasteiger partial charge on any atom is -0.507 e. The van der Waals surface area contributed by atoms with Crippen molar-refractivity contribution in [3.63, 3.8) is 0 Å². The molecule has 2 aliphatic rings. The Hall–Kier alpha value is -4.21. The van der Waals surface area contributed by atoms with Gasteiger partial charge in [-0.05, 0) is 43.2 Å². The Labute approximate surface area is 233 Å². The molecular weight excluding hydrogens is 508 g/mol. The molecule has 0 aliphatic carbocycles. The molecular formula is C31H34N4O5. The second-order valence-corrected chi connectivity index (χ2v) is 9.86. The van der Waals surface area contributed by atoms with E-state index >= 15 is 0 Å². The van der Waals surface area contributed by atoms with Crippen molar-refractivity contribution < 1.29 is 24.2 Å². The number of Topliss-reactive ketones (excluding diaryl/α,β-unsaturated/α-hetero) is 1. The average Bonchev–Trinajstić information content (AvgIpc) is 3.49. The molecule has 3 heterocycles. The van der Waals surface area contributed by atoms with Crippen LogP contribution in [0.3, 0.4) is 0 Å². The van der Waals surface area contributed by atoms with E-state index in [2.05, 4.69) is 16.6 Å². The van der Waals surface area contributed by atoms with E-state index in [1.54, 1.807) is 27.8 Å². The molecule has 1 atom stereocenters. The number of ether oxygens (including phenoxy) is 2. The predicted octanol–water partition coefficient (Wildman–Crippen LogP) is 3.89. The molecule has 2 aromatic carbocycles. The van der Waals surface area contributed by atoms with Gasteiger partial charge in [-0.2, -0.15) is 5.10 Å². The number of likely N-dealkylation sites (tertiary alicyclic amines) is 1. The van der Waals surface area contributed by atoms with Crippen molar-refractivity contribution in [3.8, 4) is 11.4 Å². The highest BCUT2D eigenvalue weighted by Gasteiger charge is 2.46. The molecule has 2 saturated heterocycles. The Morgan fingerprint density at radius 3 is 2.52 bits per heavy atom. The summed E-state index contributed by atoms with van der Waals surface area (Å²) in [7, 11) is 0. The Kier molecular flexibility index (Phi) is 8.42. The van der Waals surface area contributed by atoms with Crippen molar-refractivity contribution in [2.24, 2.45) is 0 Å². The van der Waals surface area contributed by atoms with Crippen LogP contribution in [0, 0.1) is 6.92 Å². The van der Waals surface area contributed by atoms with E-state index in [1.807, 2.05) is 49.4 Å². The molecule has 1 N–H and O–H groups in total. The maximum atomic E-state index is 13.5. The van der Waals surface area contributed by atoms with Crippen LogP contribution < -0.4 is 4.74 Å².